The fourth-order valence-electron chi connectivity index (χ4n) is 1.85. The van der Waals surface area contributed by atoms with Crippen molar-refractivity contribution in [3.63, 3.8) is 0 Å². The number of thioether (sulfide) groups is 1. The second-order valence-corrected chi connectivity index (χ2v) is 6.00. The van der Waals surface area contributed by atoms with Crippen LogP contribution in [0.5, 0.6) is 0 Å². The first-order valence-corrected chi connectivity index (χ1v) is 8.37. The minimum absolute atomic E-state index is 0.00365. The summed E-state index contributed by atoms with van der Waals surface area (Å²) in [5, 5.41) is 14.9. The Labute approximate surface area is 149 Å². The lowest BCUT2D eigenvalue weighted by molar-refractivity contribution is -0.384. The molecule has 1 N–H and O–H groups in total. The van der Waals surface area contributed by atoms with Gasteiger partial charge in [-0.25, -0.2) is 0 Å². The summed E-state index contributed by atoms with van der Waals surface area (Å²) in [5.41, 5.74) is 4.03. The van der Waals surface area contributed by atoms with E-state index in [0.29, 0.717) is 17.2 Å². The minimum atomic E-state index is -0.466. The van der Waals surface area contributed by atoms with E-state index in [9.17, 15) is 14.9 Å². The van der Waals surface area contributed by atoms with Crippen molar-refractivity contribution in [3.8, 4) is 0 Å². The largest absolute Gasteiger partial charge is 0.469 e. The van der Waals surface area contributed by atoms with Crippen LogP contribution >= 0.6 is 11.8 Å². The van der Waals surface area contributed by atoms with E-state index >= 15 is 0 Å². The van der Waals surface area contributed by atoms with Crippen molar-refractivity contribution < 1.29 is 14.5 Å². The van der Waals surface area contributed by atoms with Crippen LogP contribution in [0.2, 0.25) is 0 Å². The van der Waals surface area contributed by atoms with Crippen LogP contribution < -0.4 is 5.43 Å². The molecule has 0 spiro atoms. The molecule has 0 aromatic heterocycles. The summed E-state index contributed by atoms with van der Waals surface area (Å²) in [6.07, 6.45) is 0.0658. The number of esters is 1. The van der Waals surface area contributed by atoms with Crippen molar-refractivity contribution >= 4 is 34.8 Å². The molecule has 2 aromatic carbocycles. The molecule has 0 saturated heterocycles. The van der Waals surface area contributed by atoms with Gasteiger partial charge in [0.2, 0.25) is 0 Å². The summed E-state index contributed by atoms with van der Waals surface area (Å²) in [4.78, 5) is 22.8. The van der Waals surface area contributed by atoms with E-state index in [2.05, 4.69) is 10.5 Å². The first-order valence-electron chi connectivity index (χ1n) is 7.39. The number of ether oxygens (including phenoxy) is 1. The lowest BCUT2D eigenvalue weighted by Crippen LogP contribution is -2.13. The molecule has 8 heteroatoms. The van der Waals surface area contributed by atoms with Gasteiger partial charge >= 0.3 is 5.97 Å². The SMILES string of the molecule is COC(=O)C/C(CSc1ccccc1)=N/Nc1ccc([N+](=O)[O-])cc1. The van der Waals surface area contributed by atoms with E-state index in [1.807, 2.05) is 30.3 Å². The maximum Gasteiger partial charge on any atom is 0.311 e. The van der Waals surface area contributed by atoms with Crippen LogP contribution in [0.4, 0.5) is 11.4 Å². The van der Waals surface area contributed by atoms with Crippen LogP contribution in [-0.2, 0) is 9.53 Å². The number of nitrogens with zero attached hydrogens (tertiary/aromatic N) is 2. The first-order chi connectivity index (χ1) is 12.1. The Balaban J connectivity index is 2.03. The van der Waals surface area contributed by atoms with Crippen LogP contribution in [-0.4, -0.2) is 29.5 Å². The topological polar surface area (TPSA) is 93.8 Å². The molecule has 130 valence electrons. The Bertz CT molecular complexity index is 748. The number of carbonyl (C=O) groups is 1. The average molecular weight is 359 g/mol. The molecular formula is C17H17N3O4S. The highest BCUT2D eigenvalue weighted by atomic mass is 32.2. The fourth-order valence-corrected chi connectivity index (χ4v) is 2.70. The van der Waals surface area contributed by atoms with E-state index in [4.69, 9.17) is 4.74 Å². The molecule has 0 atom stereocenters. The number of nitro groups is 1. The van der Waals surface area contributed by atoms with Crippen LogP contribution in [0, 0.1) is 10.1 Å². The summed E-state index contributed by atoms with van der Waals surface area (Å²) in [6.45, 7) is 0. The minimum Gasteiger partial charge on any atom is -0.469 e. The van der Waals surface area contributed by atoms with Gasteiger partial charge in [-0.1, -0.05) is 18.2 Å². The fraction of sp³-hybridized carbons (Fsp3) is 0.176. The third-order valence-corrected chi connectivity index (χ3v) is 4.23. The van der Waals surface area contributed by atoms with Crippen molar-refractivity contribution in [1.29, 1.82) is 0 Å². The Morgan fingerprint density at radius 1 is 1.20 bits per heavy atom. The first kappa shape index (κ1) is 18.5. The van der Waals surface area contributed by atoms with Crippen molar-refractivity contribution in [3.05, 3.63) is 64.7 Å². The van der Waals surface area contributed by atoms with Gasteiger partial charge < -0.3 is 4.74 Å². The zero-order valence-corrected chi connectivity index (χ0v) is 14.4. The van der Waals surface area contributed by atoms with Crippen molar-refractivity contribution in [2.75, 3.05) is 18.3 Å². The quantitative estimate of drug-likeness (QED) is 0.254. The van der Waals surface area contributed by atoms with Crippen LogP contribution in [0.1, 0.15) is 6.42 Å². The van der Waals surface area contributed by atoms with Gasteiger partial charge in [-0.15, -0.1) is 11.8 Å². The number of benzene rings is 2. The molecule has 0 amide bonds. The number of nitro benzene ring substituents is 1. The van der Waals surface area contributed by atoms with Gasteiger partial charge in [-0.3, -0.25) is 20.3 Å². The van der Waals surface area contributed by atoms with Gasteiger partial charge in [-0.05, 0) is 24.3 Å². The zero-order valence-electron chi connectivity index (χ0n) is 13.5. The van der Waals surface area contributed by atoms with E-state index in [0.717, 1.165) is 4.90 Å². The molecule has 0 bridgehead atoms. The van der Waals surface area contributed by atoms with Gasteiger partial charge in [-0.2, -0.15) is 5.10 Å². The molecule has 7 nitrogen and oxygen atoms in total. The second-order valence-electron chi connectivity index (χ2n) is 4.95. The maximum absolute atomic E-state index is 11.5. The summed E-state index contributed by atoms with van der Waals surface area (Å²) >= 11 is 1.55. The molecule has 2 aromatic rings. The number of non-ortho nitro benzene ring substituents is 1. The molecule has 0 heterocycles. The maximum atomic E-state index is 11.5. The summed E-state index contributed by atoms with van der Waals surface area (Å²) in [5.74, 6) is 0.136. The predicted molar refractivity (Wildman–Crippen MR) is 98.0 cm³/mol. The van der Waals surface area contributed by atoms with Gasteiger partial charge in [0.25, 0.3) is 5.69 Å². The van der Waals surface area contributed by atoms with Crippen molar-refractivity contribution in [2.24, 2.45) is 5.10 Å². The Hall–Kier alpha value is -2.87. The number of hydrazone groups is 1. The van der Waals surface area contributed by atoms with E-state index in [-0.39, 0.29) is 18.1 Å². The number of rotatable bonds is 8. The van der Waals surface area contributed by atoms with E-state index < -0.39 is 4.92 Å². The number of carbonyl (C=O) groups excluding carboxylic acids is 1. The number of hydrogen-bond acceptors (Lipinski definition) is 7. The number of hydrogen-bond donors (Lipinski definition) is 1. The molecule has 0 aliphatic carbocycles. The number of nitrogens with one attached hydrogen (secondary N) is 1. The van der Waals surface area contributed by atoms with Crippen molar-refractivity contribution in [1.82, 2.24) is 0 Å². The summed E-state index contributed by atoms with van der Waals surface area (Å²) in [7, 11) is 1.33. The van der Waals surface area contributed by atoms with Gasteiger partial charge in [0, 0.05) is 22.8 Å². The van der Waals surface area contributed by atoms with Crippen LogP contribution in [0.25, 0.3) is 0 Å². The number of methoxy groups -OCH3 is 1. The predicted octanol–water partition coefficient (Wildman–Crippen LogP) is 3.72. The van der Waals surface area contributed by atoms with Crippen molar-refractivity contribution in [2.45, 2.75) is 11.3 Å². The Morgan fingerprint density at radius 3 is 2.48 bits per heavy atom. The van der Waals surface area contributed by atoms with Gasteiger partial charge in [0.15, 0.2) is 0 Å². The smallest absolute Gasteiger partial charge is 0.311 e. The lowest BCUT2D eigenvalue weighted by Gasteiger charge is -2.07. The summed E-state index contributed by atoms with van der Waals surface area (Å²) < 4.78 is 4.70. The third kappa shape index (κ3) is 6.27. The second kappa shape index (κ2) is 9.43. The van der Waals surface area contributed by atoms with Crippen LogP contribution in [0.15, 0.2) is 64.6 Å². The molecule has 2 rings (SSSR count). The zero-order chi connectivity index (χ0) is 18.1. The Kier molecular flexibility index (Phi) is 6.97. The molecule has 0 radical (unpaired) electrons. The van der Waals surface area contributed by atoms with E-state index in [1.165, 1.54) is 19.2 Å². The standard InChI is InChI=1S/C17H17N3O4S/c1-24-17(21)11-14(12-25-16-5-3-2-4-6-16)19-18-13-7-9-15(10-8-13)20(22)23/h2-10,18H,11-12H2,1H3/b19-14-. The van der Waals surface area contributed by atoms with Gasteiger partial charge in [0.1, 0.15) is 0 Å². The summed E-state index contributed by atoms with van der Waals surface area (Å²) in [6, 6.07) is 15.7. The van der Waals surface area contributed by atoms with Crippen LogP contribution in [0.3, 0.4) is 0 Å². The lowest BCUT2D eigenvalue weighted by atomic mass is 10.3. The molecular weight excluding hydrogens is 342 g/mol. The highest BCUT2D eigenvalue weighted by molar-refractivity contribution is 8.00. The molecule has 0 unspecified atom stereocenters. The molecule has 0 saturated carbocycles. The van der Waals surface area contributed by atoms with Gasteiger partial charge in [0.05, 0.1) is 29.9 Å². The molecule has 25 heavy (non-hydrogen) atoms. The highest BCUT2D eigenvalue weighted by Gasteiger charge is 2.09. The highest BCUT2D eigenvalue weighted by Crippen LogP contribution is 2.19. The van der Waals surface area contributed by atoms with E-state index in [1.54, 1.807) is 23.9 Å². The third-order valence-electron chi connectivity index (χ3n) is 3.15. The molecule has 0 aliphatic rings. The molecule has 0 fully saturated rings. The average Bonchev–Trinajstić information content (AvgIpc) is 2.64. The normalized spacial score (nSPS) is 11.0. The Morgan fingerprint density at radius 2 is 1.88 bits per heavy atom. The monoisotopic (exact) mass is 359 g/mol. The molecule has 0 aliphatic heterocycles. The number of anilines is 1.